The molecule has 79 heavy (non-hydrogen) atoms. The Morgan fingerprint density at radius 2 is 0.759 bits per heavy atom. The maximum absolute atomic E-state index is 13.8. The molecule has 4 nitrogen and oxygen atoms in total. The zero-order valence-electron chi connectivity index (χ0n) is 42.6. The van der Waals surface area contributed by atoms with E-state index >= 15 is 0 Å². The zero-order chi connectivity index (χ0) is 53.5. The number of hydrogen-bond acceptors (Lipinski definition) is 13. The number of hydrogen-bond donors (Lipinski definition) is 0. The molecule has 0 saturated carbocycles. The van der Waals surface area contributed by atoms with Crippen molar-refractivity contribution < 1.29 is 19.1 Å². The Labute approximate surface area is 500 Å². The van der Waals surface area contributed by atoms with Crippen molar-refractivity contribution in [2.45, 2.75) is 86.3 Å². The number of benzene rings is 9. The van der Waals surface area contributed by atoms with Gasteiger partial charge in [-0.25, -0.2) is 4.79 Å². The minimum atomic E-state index is -0.515. The molecule has 3 aliphatic rings. The van der Waals surface area contributed by atoms with Gasteiger partial charge < -0.3 is 9.47 Å². The molecule has 12 rings (SSSR count). The van der Waals surface area contributed by atoms with Crippen LogP contribution in [0.5, 0.6) is 0 Å². The van der Waals surface area contributed by atoms with Gasteiger partial charge in [0.1, 0.15) is 0 Å². The summed E-state index contributed by atoms with van der Waals surface area (Å²) in [5, 5.41) is 0. The average Bonchev–Trinajstić information content (AvgIpc) is 3.57. The number of fused-ring (bicyclic) bond motifs is 6. The van der Waals surface area contributed by atoms with Crippen molar-refractivity contribution in [1.29, 1.82) is 0 Å². The molecule has 3 aliphatic heterocycles. The molecular formula is C66H50O4S9. The van der Waals surface area contributed by atoms with Gasteiger partial charge >= 0.3 is 11.9 Å². The van der Waals surface area contributed by atoms with E-state index in [0.29, 0.717) is 23.7 Å². The highest BCUT2D eigenvalue weighted by atomic mass is 32.2. The molecule has 392 valence electrons. The number of carbonyl (C=O) groups is 2. The molecule has 0 atom stereocenters. The number of thioether (sulfide) groups is 3. The van der Waals surface area contributed by atoms with E-state index < -0.39 is 11.4 Å². The second-order valence-corrected chi connectivity index (χ2v) is 28.5. The standard InChI is InChI=1S/C66H50O4S9/c1-2-61(67)69-35-15-34-62(68)70-39-66(40-71-46-19-9-16-43(36-46)49-22-12-31-58-63(49)77-55-28-6-3-25-52(55)74-58,41-72-47-20-10-17-44(37-47)50-23-13-32-59-64(50)78-56-29-7-4-26-53(56)75-59)42-73-48-21-11-18-45(38-48)51-24-14-33-60-65(51)79-57-30-8-5-27-54(57)76-60/h2-14,16-33,36-38H,1,15,34-35,39-42H2. The normalized spacial score (nSPS) is 12.9. The maximum atomic E-state index is 13.8. The first-order valence-corrected chi connectivity index (χ1v) is 33.6. The Bertz CT molecular complexity index is 3410. The number of carbonyl (C=O) groups excluding carboxylic acids is 2. The summed E-state index contributed by atoms with van der Waals surface area (Å²) in [6.45, 7) is 3.83. The zero-order valence-corrected chi connectivity index (χ0v) is 49.9. The lowest BCUT2D eigenvalue weighted by Gasteiger charge is -2.33. The Hall–Kier alpha value is -5.19. The lowest BCUT2D eigenvalue weighted by molar-refractivity contribution is -0.147. The van der Waals surface area contributed by atoms with Crippen LogP contribution in [0.15, 0.2) is 286 Å². The van der Waals surface area contributed by atoms with Crippen LogP contribution in [-0.2, 0) is 19.1 Å². The first-order chi connectivity index (χ1) is 38.8. The van der Waals surface area contributed by atoms with Crippen molar-refractivity contribution in [3.63, 3.8) is 0 Å². The summed E-state index contributed by atoms with van der Waals surface area (Å²) < 4.78 is 11.6. The van der Waals surface area contributed by atoms with Crippen molar-refractivity contribution in [3.05, 3.63) is 213 Å². The van der Waals surface area contributed by atoms with Crippen LogP contribution in [0.3, 0.4) is 0 Å². The van der Waals surface area contributed by atoms with E-state index in [1.54, 1.807) is 0 Å². The van der Waals surface area contributed by atoms with E-state index in [0.717, 1.165) is 20.8 Å². The van der Waals surface area contributed by atoms with Crippen LogP contribution in [0.2, 0.25) is 0 Å². The molecule has 9 aromatic rings. The van der Waals surface area contributed by atoms with Gasteiger partial charge in [0, 0.05) is 109 Å². The van der Waals surface area contributed by atoms with Gasteiger partial charge in [-0.15, -0.1) is 35.3 Å². The smallest absolute Gasteiger partial charge is 0.330 e. The van der Waals surface area contributed by atoms with Gasteiger partial charge in [-0.05, 0) is 131 Å². The molecular weight excluding hydrogens is 1150 g/mol. The van der Waals surface area contributed by atoms with Crippen LogP contribution in [0, 0.1) is 5.41 Å². The Morgan fingerprint density at radius 3 is 1.13 bits per heavy atom. The fraction of sp³-hybridized carbons (Fsp3) is 0.121. The van der Waals surface area contributed by atoms with Crippen molar-refractivity contribution >= 4 is 118 Å². The fourth-order valence-corrected chi connectivity index (χ4v) is 20.3. The molecule has 0 N–H and O–H groups in total. The first-order valence-electron chi connectivity index (χ1n) is 25.7. The topological polar surface area (TPSA) is 52.6 Å². The van der Waals surface area contributed by atoms with Crippen LogP contribution in [0.1, 0.15) is 12.8 Å². The highest BCUT2D eigenvalue weighted by molar-refractivity contribution is 8.06. The Kier molecular flexibility index (Phi) is 17.4. The molecule has 13 heteroatoms. The van der Waals surface area contributed by atoms with Gasteiger partial charge in [0.05, 0.1) is 13.2 Å². The number of ether oxygens (including phenoxy) is 2. The van der Waals surface area contributed by atoms with Crippen molar-refractivity contribution in [3.8, 4) is 33.4 Å². The van der Waals surface area contributed by atoms with E-state index in [1.165, 1.54) is 92.1 Å². The van der Waals surface area contributed by atoms with Crippen LogP contribution in [0.25, 0.3) is 33.4 Å². The van der Waals surface area contributed by atoms with Gasteiger partial charge in [0.15, 0.2) is 0 Å². The summed E-state index contributed by atoms with van der Waals surface area (Å²) in [5.41, 5.74) is 6.67. The second kappa shape index (κ2) is 25.3. The molecule has 9 aromatic carbocycles. The predicted molar refractivity (Wildman–Crippen MR) is 336 cm³/mol. The summed E-state index contributed by atoms with van der Waals surface area (Å²) >= 11 is 16.5. The second-order valence-electron chi connectivity index (χ2n) is 18.9. The molecule has 0 unspecified atom stereocenters. The summed E-state index contributed by atoms with van der Waals surface area (Å²) in [4.78, 5) is 44.4. The number of rotatable bonds is 19. The maximum Gasteiger partial charge on any atom is 0.330 e. The summed E-state index contributed by atoms with van der Waals surface area (Å²) in [6, 6.07) is 72.6. The van der Waals surface area contributed by atoms with Crippen LogP contribution < -0.4 is 0 Å². The first kappa shape index (κ1) is 54.4. The number of esters is 2. The lowest BCUT2D eigenvalue weighted by Crippen LogP contribution is -2.36. The lowest BCUT2D eigenvalue weighted by atomic mass is 9.97. The van der Waals surface area contributed by atoms with E-state index in [4.69, 9.17) is 9.47 Å². The molecule has 0 amide bonds. The molecule has 0 aliphatic carbocycles. The van der Waals surface area contributed by atoms with Gasteiger partial charge in [0.2, 0.25) is 0 Å². The van der Waals surface area contributed by atoms with Crippen LogP contribution in [0.4, 0.5) is 0 Å². The van der Waals surface area contributed by atoms with Gasteiger partial charge in [-0.2, -0.15) is 0 Å². The van der Waals surface area contributed by atoms with E-state index in [-0.39, 0.29) is 25.6 Å². The summed E-state index contributed by atoms with van der Waals surface area (Å²) in [6.07, 6.45) is 1.63. The molecule has 0 fully saturated rings. The van der Waals surface area contributed by atoms with E-state index in [2.05, 4.69) is 207 Å². The van der Waals surface area contributed by atoms with Gasteiger partial charge in [-0.1, -0.05) is 186 Å². The molecule has 3 heterocycles. The van der Waals surface area contributed by atoms with Crippen LogP contribution >= 0.6 is 106 Å². The molecule has 0 bridgehead atoms. The summed E-state index contributed by atoms with van der Waals surface area (Å²) in [5.74, 6) is 1.24. The third-order valence-electron chi connectivity index (χ3n) is 13.3. The Balaban J connectivity index is 0.864. The molecule has 0 saturated heterocycles. The quantitative estimate of drug-likeness (QED) is 0.0335. The van der Waals surface area contributed by atoms with E-state index in [1.807, 2.05) is 106 Å². The average molecular weight is 1200 g/mol. The summed E-state index contributed by atoms with van der Waals surface area (Å²) in [7, 11) is 0. The van der Waals surface area contributed by atoms with Crippen molar-refractivity contribution in [2.24, 2.45) is 5.41 Å². The SMILES string of the molecule is C=CC(=O)OCCCC(=O)OCC(CSc1cccc(-c2cccc3c2Sc2ccccc2S3)c1)(CSc1cccc(-c2cccc3c2Sc2ccccc2S3)c1)CSc1cccc(-c2cccc3c2Sc2ccccc2S3)c1. The minimum Gasteiger partial charge on any atom is -0.465 e. The minimum absolute atomic E-state index is 0.118. The Morgan fingerprint density at radius 1 is 0.418 bits per heavy atom. The van der Waals surface area contributed by atoms with Gasteiger partial charge in [0.25, 0.3) is 0 Å². The van der Waals surface area contributed by atoms with Crippen molar-refractivity contribution in [2.75, 3.05) is 30.5 Å². The largest absolute Gasteiger partial charge is 0.465 e. The molecule has 0 aromatic heterocycles. The van der Waals surface area contributed by atoms with Gasteiger partial charge in [-0.3, -0.25) is 4.79 Å². The highest BCUT2D eigenvalue weighted by Crippen LogP contribution is 2.55. The molecule has 0 spiro atoms. The highest BCUT2D eigenvalue weighted by Gasteiger charge is 2.34. The third kappa shape index (κ3) is 12.8. The van der Waals surface area contributed by atoms with E-state index in [9.17, 15) is 9.59 Å². The molecule has 0 radical (unpaired) electrons. The monoisotopic (exact) mass is 1190 g/mol. The fourth-order valence-electron chi connectivity index (χ4n) is 9.30. The van der Waals surface area contributed by atoms with Crippen LogP contribution in [-0.4, -0.2) is 42.4 Å². The van der Waals surface area contributed by atoms with Crippen molar-refractivity contribution in [1.82, 2.24) is 0 Å². The predicted octanol–water partition coefficient (Wildman–Crippen LogP) is 20.3. The third-order valence-corrected chi connectivity index (χ3v) is 25.2.